The van der Waals surface area contributed by atoms with Gasteiger partial charge in [-0.05, 0) is 18.6 Å². The van der Waals surface area contributed by atoms with Crippen molar-refractivity contribution >= 4 is 40.9 Å². The van der Waals surface area contributed by atoms with Crippen molar-refractivity contribution in [2.24, 2.45) is 0 Å². The van der Waals surface area contributed by atoms with E-state index >= 15 is 0 Å². The van der Waals surface area contributed by atoms with Gasteiger partial charge in [0.25, 0.3) is 0 Å². The molecule has 110 valence electrons. The van der Waals surface area contributed by atoms with E-state index in [-0.39, 0.29) is 15.7 Å². The Morgan fingerprint density at radius 1 is 1.35 bits per heavy atom. The number of aliphatic carboxylic acids is 1. The predicted molar refractivity (Wildman–Crippen MR) is 74.9 cm³/mol. The fourth-order valence-corrected chi connectivity index (χ4v) is 1.99. The van der Waals surface area contributed by atoms with Crippen molar-refractivity contribution in [3.05, 3.63) is 28.0 Å². The fraction of sp³-hybridized carbons (Fsp3) is 0.333. The first-order chi connectivity index (χ1) is 9.35. The number of hydrogen-bond acceptors (Lipinski definition) is 2. The first-order valence-corrected chi connectivity index (χ1v) is 6.55. The summed E-state index contributed by atoms with van der Waals surface area (Å²) in [7, 11) is 0. The van der Waals surface area contributed by atoms with Gasteiger partial charge in [0.2, 0.25) is 0 Å². The molecule has 0 saturated carbocycles. The molecular weight excluding hydrogens is 310 g/mol. The van der Waals surface area contributed by atoms with Gasteiger partial charge in [0.15, 0.2) is 5.82 Å². The van der Waals surface area contributed by atoms with Crippen molar-refractivity contribution in [2.45, 2.75) is 25.8 Å². The molecule has 1 rings (SSSR count). The number of carbonyl (C=O) groups is 2. The Balaban J connectivity index is 2.73. The zero-order valence-electron chi connectivity index (χ0n) is 10.5. The molecule has 0 radical (unpaired) electrons. The summed E-state index contributed by atoms with van der Waals surface area (Å²) in [6.45, 7) is 1.80. The zero-order chi connectivity index (χ0) is 15.3. The molecule has 0 saturated heterocycles. The summed E-state index contributed by atoms with van der Waals surface area (Å²) in [5, 5.41) is 13.1. The van der Waals surface area contributed by atoms with Gasteiger partial charge >= 0.3 is 12.0 Å². The molecule has 0 spiro atoms. The van der Waals surface area contributed by atoms with Gasteiger partial charge in [-0.1, -0.05) is 36.5 Å². The molecule has 1 aromatic carbocycles. The highest BCUT2D eigenvalue weighted by Gasteiger charge is 2.19. The molecule has 3 N–H and O–H groups in total. The van der Waals surface area contributed by atoms with Crippen LogP contribution in [0.3, 0.4) is 0 Å². The van der Waals surface area contributed by atoms with Crippen LogP contribution in [0.15, 0.2) is 12.1 Å². The van der Waals surface area contributed by atoms with Crippen LogP contribution >= 0.6 is 23.2 Å². The molecule has 1 atom stereocenters. The molecule has 20 heavy (non-hydrogen) atoms. The summed E-state index contributed by atoms with van der Waals surface area (Å²) in [6, 6.07) is 0.631. The number of nitrogens with one attached hydrogen (secondary N) is 2. The van der Waals surface area contributed by atoms with Crippen LogP contribution in [0.5, 0.6) is 0 Å². The second-order valence-electron chi connectivity index (χ2n) is 4.03. The van der Waals surface area contributed by atoms with Crippen LogP contribution < -0.4 is 10.6 Å². The second kappa shape index (κ2) is 7.31. The van der Waals surface area contributed by atoms with E-state index in [1.54, 1.807) is 6.92 Å². The average Bonchev–Trinajstić information content (AvgIpc) is 2.35. The molecule has 0 aliphatic rings. The van der Waals surface area contributed by atoms with Gasteiger partial charge in [-0.25, -0.2) is 14.0 Å². The van der Waals surface area contributed by atoms with E-state index in [1.807, 2.05) is 0 Å². The number of anilines is 1. The number of amides is 2. The summed E-state index contributed by atoms with van der Waals surface area (Å²) in [4.78, 5) is 22.5. The summed E-state index contributed by atoms with van der Waals surface area (Å²) in [5.41, 5.74) is 0.166. The Labute approximate surface area is 125 Å². The first-order valence-electron chi connectivity index (χ1n) is 5.80. The van der Waals surface area contributed by atoms with Crippen LogP contribution in [0, 0.1) is 5.82 Å². The third-order valence-corrected chi connectivity index (χ3v) is 2.97. The number of halogens is 3. The van der Waals surface area contributed by atoms with Gasteiger partial charge < -0.3 is 15.7 Å². The van der Waals surface area contributed by atoms with Crippen molar-refractivity contribution in [3.63, 3.8) is 0 Å². The summed E-state index contributed by atoms with van der Waals surface area (Å²) in [5.74, 6) is -1.91. The molecule has 5 nitrogen and oxygen atoms in total. The van der Waals surface area contributed by atoms with Crippen LogP contribution in [0.4, 0.5) is 14.9 Å². The van der Waals surface area contributed by atoms with E-state index < -0.39 is 23.9 Å². The summed E-state index contributed by atoms with van der Waals surface area (Å²) in [6.07, 6.45) is 0.902. The van der Waals surface area contributed by atoms with Crippen molar-refractivity contribution in [3.8, 4) is 0 Å². The van der Waals surface area contributed by atoms with E-state index in [0.29, 0.717) is 12.8 Å². The van der Waals surface area contributed by atoms with Gasteiger partial charge in [0.1, 0.15) is 6.04 Å². The van der Waals surface area contributed by atoms with Gasteiger partial charge in [-0.2, -0.15) is 0 Å². The van der Waals surface area contributed by atoms with Crippen molar-refractivity contribution in [2.75, 3.05) is 5.32 Å². The lowest BCUT2D eigenvalue weighted by Crippen LogP contribution is -2.42. The highest BCUT2D eigenvalue weighted by atomic mass is 35.5. The standard InChI is InChI=1S/C12H13Cl2FN2O3/c1-2-3-9(11(18)19)17-12(20)16-6-4-7(13)10(15)8(14)5-6/h4-5,9H,2-3H2,1H3,(H,18,19)(H2,16,17,20). The normalized spacial score (nSPS) is 11.8. The Morgan fingerprint density at radius 3 is 2.35 bits per heavy atom. The van der Waals surface area contributed by atoms with E-state index in [1.165, 1.54) is 12.1 Å². The molecule has 0 aromatic heterocycles. The minimum Gasteiger partial charge on any atom is -0.480 e. The van der Waals surface area contributed by atoms with Gasteiger partial charge in [-0.3, -0.25) is 0 Å². The topological polar surface area (TPSA) is 78.4 Å². The molecule has 1 unspecified atom stereocenters. The maximum absolute atomic E-state index is 13.2. The highest BCUT2D eigenvalue weighted by Crippen LogP contribution is 2.27. The lowest BCUT2D eigenvalue weighted by Gasteiger charge is -2.14. The fourth-order valence-electron chi connectivity index (χ4n) is 1.50. The maximum atomic E-state index is 13.2. The number of carbonyl (C=O) groups excluding carboxylic acids is 1. The third kappa shape index (κ3) is 4.54. The van der Waals surface area contributed by atoms with Crippen LogP contribution in [0.2, 0.25) is 10.0 Å². The van der Waals surface area contributed by atoms with Gasteiger partial charge in [0.05, 0.1) is 10.0 Å². The second-order valence-corrected chi connectivity index (χ2v) is 4.85. The van der Waals surface area contributed by atoms with E-state index in [2.05, 4.69) is 10.6 Å². The number of carboxylic acid groups (broad SMARTS) is 1. The summed E-state index contributed by atoms with van der Waals surface area (Å²) >= 11 is 11.2. The molecule has 0 aliphatic carbocycles. The molecular formula is C12H13Cl2FN2O3. The third-order valence-electron chi connectivity index (χ3n) is 2.42. The molecule has 0 aliphatic heterocycles. The number of urea groups is 1. The van der Waals surface area contributed by atoms with Crippen molar-refractivity contribution < 1.29 is 19.1 Å². The lowest BCUT2D eigenvalue weighted by molar-refractivity contribution is -0.139. The number of rotatable bonds is 5. The van der Waals surface area contributed by atoms with Crippen LogP contribution in [0.1, 0.15) is 19.8 Å². The van der Waals surface area contributed by atoms with E-state index in [9.17, 15) is 14.0 Å². The lowest BCUT2D eigenvalue weighted by atomic mass is 10.2. The van der Waals surface area contributed by atoms with E-state index in [4.69, 9.17) is 28.3 Å². The highest BCUT2D eigenvalue weighted by molar-refractivity contribution is 6.35. The van der Waals surface area contributed by atoms with E-state index in [0.717, 1.165) is 0 Å². The Bertz CT molecular complexity index is 502. The zero-order valence-corrected chi connectivity index (χ0v) is 12.1. The molecule has 0 fully saturated rings. The smallest absolute Gasteiger partial charge is 0.326 e. The van der Waals surface area contributed by atoms with Gasteiger partial charge in [0, 0.05) is 5.69 Å². The minimum atomic E-state index is -1.13. The monoisotopic (exact) mass is 322 g/mol. The van der Waals surface area contributed by atoms with Crippen LogP contribution in [0.25, 0.3) is 0 Å². The largest absolute Gasteiger partial charge is 0.480 e. The summed E-state index contributed by atoms with van der Waals surface area (Å²) < 4.78 is 13.2. The van der Waals surface area contributed by atoms with Crippen molar-refractivity contribution in [1.82, 2.24) is 5.32 Å². The number of benzene rings is 1. The number of carboxylic acids is 1. The Hall–Kier alpha value is -1.53. The number of hydrogen-bond donors (Lipinski definition) is 3. The quantitative estimate of drug-likeness (QED) is 0.726. The Morgan fingerprint density at radius 2 is 1.90 bits per heavy atom. The molecule has 0 bridgehead atoms. The van der Waals surface area contributed by atoms with Crippen LogP contribution in [-0.4, -0.2) is 23.1 Å². The minimum absolute atomic E-state index is 0.166. The van der Waals surface area contributed by atoms with Gasteiger partial charge in [-0.15, -0.1) is 0 Å². The van der Waals surface area contributed by atoms with Crippen LogP contribution in [-0.2, 0) is 4.79 Å². The first kappa shape index (κ1) is 16.5. The molecule has 8 heteroatoms. The molecule has 0 heterocycles. The predicted octanol–water partition coefficient (Wildman–Crippen LogP) is 3.51. The maximum Gasteiger partial charge on any atom is 0.326 e. The Kier molecular flexibility index (Phi) is 6.04. The molecule has 2 amide bonds. The molecule has 1 aromatic rings. The van der Waals surface area contributed by atoms with Crippen molar-refractivity contribution in [1.29, 1.82) is 0 Å². The average molecular weight is 323 g/mol. The SMILES string of the molecule is CCCC(NC(=O)Nc1cc(Cl)c(F)c(Cl)c1)C(=O)O.